The summed E-state index contributed by atoms with van der Waals surface area (Å²) in [5, 5.41) is 10.4. The first-order valence-electron chi connectivity index (χ1n) is 5.50. The van der Waals surface area contributed by atoms with Crippen molar-refractivity contribution >= 4 is 27.3 Å². The van der Waals surface area contributed by atoms with E-state index in [1.807, 2.05) is 40.5 Å². The van der Waals surface area contributed by atoms with Crippen LogP contribution < -0.4 is 0 Å². The molecule has 0 amide bonds. The number of hydrogen-bond donors (Lipinski definition) is 0. The zero-order chi connectivity index (χ0) is 12.4. The van der Waals surface area contributed by atoms with Gasteiger partial charge in [0.25, 0.3) is 0 Å². The summed E-state index contributed by atoms with van der Waals surface area (Å²) in [5.41, 5.74) is 3.22. The first kappa shape index (κ1) is 11.6. The molecule has 18 heavy (non-hydrogen) atoms. The van der Waals surface area contributed by atoms with Gasteiger partial charge < -0.3 is 0 Å². The van der Waals surface area contributed by atoms with E-state index in [-0.39, 0.29) is 0 Å². The molecule has 1 aromatic carbocycles. The van der Waals surface area contributed by atoms with E-state index in [0.29, 0.717) is 0 Å². The van der Waals surface area contributed by atoms with Crippen LogP contribution in [-0.4, -0.2) is 15.0 Å². The maximum Gasteiger partial charge on any atom is 0.115 e. The van der Waals surface area contributed by atoms with E-state index in [1.54, 1.807) is 11.3 Å². The molecular weight excluding hydrogens is 310 g/mol. The third-order valence-corrected chi connectivity index (χ3v) is 4.31. The fourth-order valence-electron chi connectivity index (χ4n) is 1.75. The zero-order valence-corrected chi connectivity index (χ0v) is 11.9. The average molecular weight is 320 g/mol. The minimum atomic E-state index is 0.746. The number of benzene rings is 1. The monoisotopic (exact) mass is 319 g/mol. The highest BCUT2D eigenvalue weighted by molar-refractivity contribution is 9.11. The van der Waals surface area contributed by atoms with Gasteiger partial charge in [0.2, 0.25) is 0 Å². The van der Waals surface area contributed by atoms with Gasteiger partial charge in [0.15, 0.2) is 0 Å². The molecule has 0 radical (unpaired) electrons. The van der Waals surface area contributed by atoms with Gasteiger partial charge in [0.1, 0.15) is 5.69 Å². The van der Waals surface area contributed by atoms with Crippen LogP contribution in [0.15, 0.2) is 51.8 Å². The Hall–Kier alpha value is -1.46. The normalized spacial score (nSPS) is 10.7. The maximum atomic E-state index is 4.21. The SMILES string of the molecule is Brc1sccc1-c1cn(Cc2ccccc2)nn1. The van der Waals surface area contributed by atoms with Gasteiger partial charge >= 0.3 is 0 Å². The second-order valence-corrected chi connectivity index (χ2v) is 6.13. The van der Waals surface area contributed by atoms with E-state index in [2.05, 4.69) is 38.4 Å². The van der Waals surface area contributed by atoms with Crippen LogP contribution >= 0.6 is 27.3 Å². The lowest BCUT2D eigenvalue weighted by molar-refractivity contribution is 0.650. The molecule has 0 saturated carbocycles. The molecular formula is C13H10BrN3S. The number of thiophene rings is 1. The Morgan fingerprint density at radius 2 is 2.00 bits per heavy atom. The van der Waals surface area contributed by atoms with Gasteiger partial charge in [-0.1, -0.05) is 35.5 Å². The van der Waals surface area contributed by atoms with Gasteiger partial charge in [0.05, 0.1) is 16.5 Å². The number of nitrogens with zero attached hydrogens (tertiary/aromatic N) is 3. The maximum absolute atomic E-state index is 4.21. The molecule has 0 fully saturated rings. The Bertz CT molecular complexity index is 645. The molecule has 0 aliphatic heterocycles. The van der Waals surface area contributed by atoms with Crippen molar-refractivity contribution < 1.29 is 0 Å². The van der Waals surface area contributed by atoms with E-state index in [9.17, 15) is 0 Å². The Labute approximate surface area is 117 Å². The van der Waals surface area contributed by atoms with E-state index in [0.717, 1.165) is 21.6 Å². The van der Waals surface area contributed by atoms with Crippen molar-refractivity contribution in [3.63, 3.8) is 0 Å². The molecule has 3 aromatic rings. The summed E-state index contributed by atoms with van der Waals surface area (Å²) in [6.45, 7) is 0.746. The zero-order valence-electron chi connectivity index (χ0n) is 9.45. The van der Waals surface area contributed by atoms with Crippen LogP contribution in [-0.2, 0) is 6.54 Å². The number of rotatable bonds is 3. The van der Waals surface area contributed by atoms with Crippen molar-refractivity contribution in [3.8, 4) is 11.3 Å². The van der Waals surface area contributed by atoms with Crippen LogP contribution in [0.5, 0.6) is 0 Å². The van der Waals surface area contributed by atoms with Gasteiger partial charge in [0, 0.05) is 5.56 Å². The van der Waals surface area contributed by atoms with Crippen LogP contribution in [0.1, 0.15) is 5.56 Å². The Balaban J connectivity index is 1.84. The van der Waals surface area contributed by atoms with Crippen LogP contribution in [0.3, 0.4) is 0 Å². The molecule has 5 heteroatoms. The molecule has 0 aliphatic carbocycles. The molecule has 0 bridgehead atoms. The summed E-state index contributed by atoms with van der Waals surface area (Å²) in [4.78, 5) is 0. The predicted octanol–water partition coefficient (Wildman–Crippen LogP) is 3.82. The van der Waals surface area contributed by atoms with Crippen molar-refractivity contribution in [3.05, 3.63) is 57.3 Å². The highest BCUT2D eigenvalue weighted by Crippen LogP contribution is 2.31. The summed E-state index contributed by atoms with van der Waals surface area (Å²) >= 11 is 5.17. The smallest absolute Gasteiger partial charge is 0.115 e. The minimum Gasteiger partial charge on any atom is -0.247 e. The third-order valence-electron chi connectivity index (χ3n) is 2.62. The summed E-state index contributed by atoms with van der Waals surface area (Å²) in [7, 11) is 0. The van der Waals surface area contributed by atoms with E-state index >= 15 is 0 Å². The predicted molar refractivity (Wildman–Crippen MR) is 76.6 cm³/mol. The quantitative estimate of drug-likeness (QED) is 0.734. The van der Waals surface area contributed by atoms with Gasteiger partial charge in [-0.2, -0.15) is 0 Å². The van der Waals surface area contributed by atoms with Crippen LogP contribution in [0, 0.1) is 0 Å². The molecule has 0 aliphatic rings. The van der Waals surface area contributed by atoms with Crippen LogP contribution in [0.25, 0.3) is 11.3 Å². The van der Waals surface area contributed by atoms with E-state index in [4.69, 9.17) is 0 Å². The average Bonchev–Trinajstić information content (AvgIpc) is 2.99. The fourth-order valence-corrected chi connectivity index (χ4v) is 3.03. The molecule has 0 atom stereocenters. The van der Waals surface area contributed by atoms with Gasteiger partial charge in [-0.3, -0.25) is 0 Å². The van der Waals surface area contributed by atoms with Crippen LogP contribution in [0.4, 0.5) is 0 Å². The molecule has 3 nitrogen and oxygen atoms in total. The second-order valence-electron chi connectivity index (χ2n) is 3.89. The summed E-state index contributed by atoms with van der Waals surface area (Å²) in [6.07, 6.45) is 1.97. The first-order valence-corrected chi connectivity index (χ1v) is 7.17. The van der Waals surface area contributed by atoms with Crippen molar-refractivity contribution in [1.82, 2.24) is 15.0 Å². The summed E-state index contributed by atoms with van der Waals surface area (Å²) in [5.74, 6) is 0. The Morgan fingerprint density at radius 1 is 1.17 bits per heavy atom. The van der Waals surface area contributed by atoms with E-state index in [1.165, 1.54) is 5.56 Å². The van der Waals surface area contributed by atoms with Crippen molar-refractivity contribution in [2.24, 2.45) is 0 Å². The lowest BCUT2D eigenvalue weighted by atomic mass is 10.2. The minimum absolute atomic E-state index is 0.746. The highest BCUT2D eigenvalue weighted by Gasteiger charge is 2.08. The fraction of sp³-hybridized carbons (Fsp3) is 0.0769. The summed E-state index contributed by atoms with van der Waals surface area (Å²) < 4.78 is 2.95. The molecule has 0 saturated heterocycles. The first-order chi connectivity index (χ1) is 8.83. The Kier molecular flexibility index (Phi) is 3.25. The molecule has 0 spiro atoms. The molecule has 2 aromatic heterocycles. The molecule has 2 heterocycles. The lowest BCUT2D eigenvalue weighted by Crippen LogP contribution is -1.99. The topological polar surface area (TPSA) is 30.7 Å². The molecule has 0 unspecified atom stereocenters. The van der Waals surface area contributed by atoms with Gasteiger partial charge in [-0.05, 0) is 32.9 Å². The summed E-state index contributed by atoms with van der Waals surface area (Å²) in [6, 6.07) is 12.3. The Morgan fingerprint density at radius 3 is 2.72 bits per heavy atom. The third kappa shape index (κ3) is 2.37. The van der Waals surface area contributed by atoms with E-state index < -0.39 is 0 Å². The van der Waals surface area contributed by atoms with Crippen LogP contribution in [0.2, 0.25) is 0 Å². The van der Waals surface area contributed by atoms with Crippen molar-refractivity contribution in [2.75, 3.05) is 0 Å². The molecule has 0 N–H and O–H groups in total. The highest BCUT2D eigenvalue weighted by atomic mass is 79.9. The lowest BCUT2D eigenvalue weighted by Gasteiger charge is -1.99. The number of aromatic nitrogens is 3. The molecule has 3 rings (SSSR count). The number of hydrogen-bond acceptors (Lipinski definition) is 3. The largest absolute Gasteiger partial charge is 0.247 e. The standard InChI is InChI=1S/C13H10BrN3S/c14-13-11(6-7-18-13)12-9-17(16-15-12)8-10-4-2-1-3-5-10/h1-7,9H,8H2. The van der Waals surface area contributed by atoms with Crippen molar-refractivity contribution in [1.29, 1.82) is 0 Å². The molecule has 90 valence electrons. The van der Waals surface area contributed by atoms with Gasteiger partial charge in [-0.25, -0.2) is 4.68 Å². The van der Waals surface area contributed by atoms with Gasteiger partial charge in [-0.15, -0.1) is 16.4 Å². The number of halogens is 1. The second kappa shape index (κ2) is 5.04. The van der Waals surface area contributed by atoms with Crippen molar-refractivity contribution in [2.45, 2.75) is 6.54 Å².